The Balaban J connectivity index is 2.52. The van der Waals surface area contributed by atoms with Crippen molar-refractivity contribution in [2.45, 2.75) is 6.92 Å². The lowest BCUT2D eigenvalue weighted by Crippen LogP contribution is -2.15. The molecule has 1 amide bonds. The smallest absolute Gasteiger partial charge is 0.234 e. The lowest BCUT2D eigenvalue weighted by atomic mass is 10.3. The maximum atomic E-state index is 13.1. The predicted molar refractivity (Wildman–Crippen MR) is 58.2 cm³/mol. The molecule has 1 rings (SSSR count). The number of hydrogen-bond donors (Lipinski definition) is 1. The molecule has 15 heavy (non-hydrogen) atoms. The minimum absolute atomic E-state index is 0.00364. The molecule has 0 radical (unpaired) electrons. The third-order valence-electron chi connectivity index (χ3n) is 1.55. The van der Waals surface area contributed by atoms with Crippen molar-refractivity contribution < 1.29 is 14.0 Å². The summed E-state index contributed by atoms with van der Waals surface area (Å²) >= 11 is 0.891. The molecule has 0 saturated heterocycles. The normalized spacial score (nSPS) is 9.73. The molecule has 0 spiro atoms. The van der Waals surface area contributed by atoms with Crippen LogP contribution in [-0.2, 0) is 9.59 Å². The lowest BCUT2D eigenvalue weighted by molar-refractivity contribution is -0.114. The second-order valence-electron chi connectivity index (χ2n) is 2.81. The summed E-state index contributed by atoms with van der Waals surface area (Å²) < 4.78 is 13.1. The van der Waals surface area contributed by atoms with Gasteiger partial charge in [0.15, 0.2) is 5.12 Å². The Hall–Kier alpha value is -1.36. The van der Waals surface area contributed by atoms with E-state index in [1.165, 1.54) is 25.1 Å². The molecule has 0 bridgehead atoms. The van der Waals surface area contributed by atoms with E-state index in [-0.39, 0.29) is 22.5 Å². The lowest BCUT2D eigenvalue weighted by Gasteiger charge is -2.04. The SMILES string of the molecule is CC(=O)SCC(=O)Nc1ccccc1F. The Labute approximate surface area is 91.1 Å². The van der Waals surface area contributed by atoms with E-state index < -0.39 is 5.82 Å². The fraction of sp³-hybridized carbons (Fsp3) is 0.200. The fourth-order valence-corrected chi connectivity index (χ4v) is 1.32. The van der Waals surface area contributed by atoms with Crippen LogP contribution in [0.15, 0.2) is 24.3 Å². The van der Waals surface area contributed by atoms with Crippen LogP contribution in [0.1, 0.15) is 6.92 Å². The summed E-state index contributed by atoms with van der Waals surface area (Å²) in [5.41, 5.74) is 0.131. The van der Waals surface area contributed by atoms with Crippen molar-refractivity contribution in [3.05, 3.63) is 30.1 Å². The highest BCUT2D eigenvalue weighted by Crippen LogP contribution is 2.12. The summed E-state index contributed by atoms with van der Waals surface area (Å²) in [7, 11) is 0. The molecule has 3 nitrogen and oxygen atoms in total. The van der Waals surface area contributed by atoms with Gasteiger partial charge in [-0.1, -0.05) is 23.9 Å². The number of anilines is 1. The van der Waals surface area contributed by atoms with Crippen molar-refractivity contribution >= 4 is 28.5 Å². The first-order valence-electron chi connectivity index (χ1n) is 4.27. The Morgan fingerprint density at radius 1 is 1.40 bits per heavy atom. The average Bonchev–Trinajstić information content (AvgIpc) is 2.18. The quantitative estimate of drug-likeness (QED) is 0.859. The molecule has 0 unspecified atom stereocenters. The molecule has 0 aliphatic rings. The minimum atomic E-state index is -0.487. The summed E-state index contributed by atoms with van der Waals surface area (Å²) in [5, 5.41) is 2.24. The second-order valence-corrected chi connectivity index (χ2v) is 3.96. The van der Waals surface area contributed by atoms with Gasteiger partial charge in [0.05, 0.1) is 11.4 Å². The van der Waals surface area contributed by atoms with E-state index in [4.69, 9.17) is 0 Å². The van der Waals surface area contributed by atoms with Crippen LogP contribution in [0.2, 0.25) is 0 Å². The van der Waals surface area contributed by atoms with Gasteiger partial charge in [-0.3, -0.25) is 9.59 Å². The van der Waals surface area contributed by atoms with Crippen molar-refractivity contribution in [1.82, 2.24) is 0 Å². The van der Waals surface area contributed by atoms with Gasteiger partial charge in [0.25, 0.3) is 0 Å². The Morgan fingerprint density at radius 2 is 2.07 bits per heavy atom. The predicted octanol–water partition coefficient (Wildman–Crippen LogP) is 2.04. The highest BCUT2D eigenvalue weighted by molar-refractivity contribution is 8.14. The van der Waals surface area contributed by atoms with Crippen LogP contribution in [0.4, 0.5) is 10.1 Å². The molecular formula is C10H10FNO2S. The summed E-state index contributed by atoms with van der Waals surface area (Å²) in [6.07, 6.45) is 0. The maximum absolute atomic E-state index is 13.1. The topological polar surface area (TPSA) is 46.2 Å². The molecule has 5 heteroatoms. The third-order valence-corrected chi connectivity index (χ3v) is 2.37. The number of benzene rings is 1. The second kappa shape index (κ2) is 5.50. The molecule has 0 saturated carbocycles. The zero-order valence-electron chi connectivity index (χ0n) is 8.12. The Morgan fingerprint density at radius 3 is 2.67 bits per heavy atom. The van der Waals surface area contributed by atoms with Crippen molar-refractivity contribution in [3.8, 4) is 0 Å². The van der Waals surface area contributed by atoms with Crippen LogP contribution in [0.5, 0.6) is 0 Å². The molecular weight excluding hydrogens is 217 g/mol. The van der Waals surface area contributed by atoms with Crippen LogP contribution >= 0.6 is 11.8 Å². The van der Waals surface area contributed by atoms with E-state index in [0.717, 1.165) is 11.8 Å². The Bertz CT molecular complexity index is 381. The number of para-hydroxylation sites is 1. The summed E-state index contributed by atoms with van der Waals surface area (Å²) in [6.45, 7) is 1.38. The standard InChI is InChI=1S/C10H10FNO2S/c1-7(13)15-6-10(14)12-9-5-3-2-4-8(9)11/h2-5H,6H2,1H3,(H,12,14). The highest BCUT2D eigenvalue weighted by atomic mass is 32.2. The molecule has 0 aromatic heterocycles. The molecule has 1 N–H and O–H groups in total. The number of carbonyl (C=O) groups is 2. The molecule has 0 heterocycles. The molecule has 0 aliphatic heterocycles. The van der Waals surface area contributed by atoms with Crippen LogP contribution in [0.3, 0.4) is 0 Å². The van der Waals surface area contributed by atoms with E-state index in [1.54, 1.807) is 6.07 Å². The monoisotopic (exact) mass is 227 g/mol. The van der Waals surface area contributed by atoms with Crippen molar-refractivity contribution in [2.75, 3.05) is 11.1 Å². The number of hydrogen-bond acceptors (Lipinski definition) is 3. The molecule has 0 atom stereocenters. The summed E-state index contributed by atoms with van der Waals surface area (Å²) in [4.78, 5) is 21.8. The van der Waals surface area contributed by atoms with Gasteiger partial charge in [-0.05, 0) is 12.1 Å². The van der Waals surface area contributed by atoms with Crippen LogP contribution in [0, 0.1) is 5.82 Å². The van der Waals surface area contributed by atoms with Crippen molar-refractivity contribution in [3.63, 3.8) is 0 Å². The average molecular weight is 227 g/mol. The van der Waals surface area contributed by atoms with E-state index in [2.05, 4.69) is 5.32 Å². The largest absolute Gasteiger partial charge is 0.323 e. The van der Waals surface area contributed by atoms with E-state index in [0.29, 0.717) is 0 Å². The summed E-state index contributed by atoms with van der Waals surface area (Å²) in [6, 6.07) is 5.88. The van der Waals surface area contributed by atoms with Gasteiger partial charge in [0.2, 0.25) is 5.91 Å². The molecule has 1 aromatic carbocycles. The fourth-order valence-electron chi connectivity index (χ4n) is 0.916. The number of carbonyl (C=O) groups excluding carboxylic acids is 2. The number of thioether (sulfide) groups is 1. The maximum Gasteiger partial charge on any atom is 0.234 e. The third kappa shape index (κ3) is 4.12. The van der Waals surface area contributed by atoms with Gasteiger partial charge in [-0.2, -0.15) is 0 Å². The van der Waals surface area contributed by atoms with Gasteiger partial charge in [0, 0.05) is 6.92 Å². The van der Waals surface area contributed by atoms with Gasteiger partial charge < -0.3 is 5.32 Å². The molecule has 80 valence electrons. The van der Waals surface area contributed by atoms with Crippen LogP contribution in [0.25, 0.3) is 0 Å². The molecule has 1 aromatic rings. The number of amides is 1. The Kier molecular flexibility index (Phi) is 4.30. The van der Waals surface area contributed by atoms with E-state index >= 15 is 0 Å². The van der Waals surface area contributed by atoms with Gasteiger partial charge in [0.1, 0.15) is 5.82 Å². The minimum Gasteiger partial charge on any atom is -0.323 e. The summed E-state index contributed by atoms with van der Waals surface area (Å²) in [5.74, 6) is -0.872. The van der Waals surface area contributed by atoms with Crippen molar-refractivity contribution in [2.24, 2.45) is 0 Å². The number of nitrogens with one attached hydrogen (secondary N) is 1. The van der Waals surface area contributed by atoms with Crippen LogP contribution < -0.4 is 5.32 Å². The van der Waals surface area contributed by atoms with Gasteiger partial charge >= 0.3 is 0 Å². The molecule has 0 aliphatic carbocycles. The van der Waals surface area contributed by atoms with E-state index in [1.807, 2.05) is 0 Å². The van der Waals surface area contributed by atoms with Crippen molar-refractivity contribution in [1.29, 1.82) is 0 Å². The highest BCUT2D eigenvalue weighted by Gasteiger charge is 2.07. The van der Waals surface area contributed by atoms with Crippen LogP contribution in [-0.4, -0.2) is 16.8 Å². The zero-order valence-corrected chi connectivity index (χ0v) is 8.94. The number of halogens is 1. The molecule has 0 fully saturated rings. The number of rotatable bonds is 3. The van der Waals surface area contributed by atoms with Gasteiger partial charge in [-0.15, -0.1) is 0 Å². The first-order chi connectivity index (χ1) is 7.09. The first kappa shape index (κ1) is 11.7. The first-order valence-corrected chi connectivity index (χ1v) is 5.26. The van der Waals surface area contributed by atoms with Gasteiger partial charge in [-0.25, -0.2) is 4.39 Å². The van der Waals surface area contributed by atoms with E-state index in [9.17, 15) is 14.0 Å². The zero-order chi connectivity index (χ0) is 11.3.